The highest BCUT2D eigenvalue weighted by Gasteiger charge is 2.27. The normalized spacial score (nSPS) is 22.7. The monoisotopic (exact) mass is 209 g/mol. The smallest absolute Gasteiger partial charge is 0.142 e. The van der Waals surface area contributed by atoms with Gasteiger partial charge in [-0.2, -0.15) is 0 Å². The number of hydrogen-bond donors (Lipinski definition) is 1. The maximum atomic E-state index is 10.1. The molecule has 2 rings (SSSR count). The molecule has 0 aromatic carbocycles. The molecule has 1 fully saturated rings. The van der Waals surface area contributed by atoms with Crippen molar-refractivity contribution in [3.05, 3.63) is 24.0 Å². The molecule has 0 spiro atoms. The van der Waals surface area contributed by atoms with E-state index in [-0.39, 0.29) is 5.92 Å². The van der Waals surface area contributed by atoms with Crippen molar-refractivity contribution < 1.29 is 14.6 Å². The molecule has 15 heavy (non-hydrogen) atoms. The fraction of sp³-hybridized carbons (Fsp3) is 0.545. The lowest BCUT2D eigenvalue weighted by Crippen LogP contribution is -2.13. The predicted octanol–water partition coefficient (Wildman–Crippen LogP) is 1.16. The first-order chi connectivity index (χ1) is 7.33. The first kappa shape index (κ1) is 10.4. The van der Waals surface area contributed by atoms with Gasteiger partial charge in [0.2, 0.25) is 0 Å². The third kappa shape index (κ3) is 2.11. The van der Waals surface area contributed by atoms with E-state index < -0.39 is 6.10 Å². The summed E-state index contributed by atoms with van der Waals surface area (Å²) in [6.07, 6.45) is 3.66. The molecule has 1 aliphatic heterocycles. The Kier molecular flexibility index (Phi) is 3.18. The number of aliphatic hydroxyl groups is 1. The van der Waals surface area contributed by atoms with Crippen molar-refractivity contribution in [3.8, 4) is 5.75 Å². The molecule has 1 aliphatic rings. The summed E-state index contributed by atoms with van der Waals surface area (Å²) in [5.41, 5.74) is 0.794. The molecular weight excluding hydrogens is 194 g/mol. The number of hydrogen-bond acceptors (Lipinski definition) is 4. The Bertz CT molecular complexity index is 323. The second kappa shape index (κ2) is 4.59. The van der Waals surface area contributed by atoms with Crippen LogP contribution >= 0.6 is 0 Å². The number of pyridine rings is 1. The Morgan fingerprint density at radius 2 is 2.53 bits per heavy atom. The number of rotatable bonds is 3. The third-order valence-electron chi connectivity index (χ3n) is 2.77. The van der Waals surface area contributed by atoms with Crippen LogP contribution in [-0.4, -0.2) is 30.4 Å². The molecule has 1 N–H and O–H groups in total. The van der Waals surface area contributed by atoms with Crippen LogP contribution < -0.4 is 4.74 Å². The van der Waals surface area contributed by atoms with Gasteiger partial charge < -0.3 is 14.6 Å². The van der Waals surface area contributed by atoms with Gasteiger partial charge in [0.05, 0.1) is 26.0 Å². The fourth-order valence-corrected chi connectivity index (χ4v) is 1.86. The van der Waals surface area contributed by atoms with Gasteiger partial charge in [-0.05, 0) is 12.5 Å². The number of aromatic nitrogens is 1. The van der Waals surface area contributed by atoms with Crippen LogP contribution in [0.3, 0.4) is 0 Å². The van der Waals surface area contributed by atoms with Crippen LogP contribution in [-0.2, 0) is 4.74 Å². The summed E-state index contributed by atoms with van der Waals surface area (Å²) in [4.78, 5) is 3.96. The first-order valence-corrected chi connectivity index (χ1v) is 5.06. The summed E-state index contributed by atoms with van der Waals surface area (Å²) in [5, 5.41) is 10.1. The topological polar surface area (TPSA) is 51.6 Å². The Hall–Kier alpha value is -1.13. The largest absolute Gasteiger partial charge is 0.495 e. The number of methoxy groups -OCH3 is 1. The standard InChI is InChI=1S/C11H15NO3/c1-14-10-6-12-4-2-9(10)11(13)8-3-5-15-7-8/h2,4,6,8,11,13H,3,5,7H2,1H3. The van der Waals surface area contributed by atoms with Gasteiger partial charge in [0.1, 0.15) is 5.75 Å². The Morgan fingerprint density at radius 3 is 3.20 bits per heavy atom. The van der Waals surface area contributed by atoms with Gasteiger partial charge in [0.15, 0.2) is 0 Å². The van der Waals surface area contributed by atoms with Crippen molar-refractivity contribution in [2.75, 3.05) is 20.3 Å². The second-order valence-electron chi connectivity index (χ2n) is 3.69. The number of ether oxygens (including phenoxy) is 2. The molecule has 2 unspecified atom stereocenters. The van der Waals surface area contributed by atoms with Crippen LogP contribution in [0.4, 0.5) is 0 Å². The van der Waals surface area contributed by atoms with Crippen molar-refractivity contribution in [1.29, 1.82) is 0 Å². The minimum absolute atomic E-state index is 0.168. The summed E-state index contributed by atoms with van der Waals surface area (Å²) < 4.78 is 10.4. The molecule has 2 atom stereocenters. The molecule has 0 bridgehead atoms. The van der Waals surface area contributed by atoms with Crippen molar-refractivity contribution in [2.45, 2.75) is 12.5 Å². The summed E-state index contributed by atoms with van der Waals surface area (Å²) in [6.45, 7) is 1.35. The third-order valence-corrected chi connectivity index (χ3v) is 2.77. The van der Waals surface area contributed by atoms with Gasteiger partial charge in [0.25, 0.3) is 0 Å². The van der Waals surface area contributed by atoms with Gasteiger partial charge in [0, 0.05) is 24.3 Å². The van der Waals surface area contributed by atoms with Crippen LogP contribution in [0.25, 0.3) is 0 Å². The van der Waals surface area contributed by atoms with Crippen LogP contribution in [0.15, 0.2) is 18.5 Å². The van der Waals surface area contributed by atoms with Crippen LogP contribution in [0.5, 0.6) is 5.75 Å². The average Bonchev–Trinajstić information content (AvgIpc) is 2.81. The fourth-order valence-electron chi connectivity index (χ4n) is 1.86. The summed E-state index contributed by atoms with van der Waals surface area (Å²) in [6, 6.07) is 1.79. The van der Waals surface area contributed by atoms with Crippen LogP contribution in [0.2, 0.25) is 0 Å². The van der Waals surface area contributed by atoms with E-state index in [9.17, 15) is 5.11 Å². The van der Waals surface area contributed by atoms with E-state index in [0.29, 0.717) is 12.4 Å². The summed E-state index contributed by atoms with van der Waals surface area (Å²) in [7, 11) is 1.58. The van der Waals surface area contributed by atoms with Gasteiger partial charge in [-0.25, -0.2) is 0 Å². The van der Waals surface area contributed by atoms with E-state index in [1.54, 1.807) is 25.6 Å². The van der Waals surface area contributed by atoms with Gasteiger partial charge in [-0.1, -0.05) is 0 Å². The quantitative estimate of drug-likeness (QED) is 0.811. The predicted molar refractivity (Wildman–Crippen MR) is 54.7 cm³/mol. The second-order valence-corrected chi connectivity index (χ2v) is 3.69. The highest BCUT2D eigenvalue weighted by atomic mass is 16.5. The van der Waals surface area contributed by atoms with Crippen molar-refractivity contribution in [1.82, 2.24) is 4.98 Å². The van der Waals surface area contributed by atoms with Crippen LogP contribution in [0, 0.1) is 5.92 Å². The van der Waals surface area contributed by atoms with Gasteiger partial charge in [-0.15, -0.1) is 0 Å². The molecule has 0 radical (unpaired) electrons. The van der Waals surface area contributed by atoms with E-state index >= 15 is 0 Å². The van der Waals surface area contributed by atoms with E-state index in [1.165, 1.54) is 0 Å². The number of nitrogens with zero attached hydrogens (tertiary/aromatic N) is 1. The molecule has 1 aromatic rings. The summed E-state index contributed by atoms with van der Waals surface area (Å²) in [5.74, 6) is 0.804. The van der Waals surface area contributed by atoms with Crippen molar-refractivity contribution in [2.24, 2.45) is 5.92 Å². The zero-order chi connectivity index (χ0) is 10.7. The van der Waals surface area contributed by atoms with Crippen molar-refractivity contribution >= 4 is 0 Å². The lowest BCUT2D eigenvalue weighted by Gasteiger charge is -2.18. The maximum Gasteiger partial charge on any atom is 0.142 e. The molecule has 4 nitrogen and oxygen atoms in total. The summed E-state index contributed by atoms with van der Waals surface area (Å²) >= 11 is 0. The molecule has 82 valence electrons. The van der Waals surface area contributed by atoms with Gasteiger partial charge >= 0.3 is 0 Å². The van der Waals surface area contributed by atoms with E-state index in [0.717, 1.165) is 18.6 Å². The molecule has 0 saturated carbocycles. The highest BCUT2D eigenvalue weighted by Crippen LogP contribution is 2.33. The van der Waals surface area contributed by atoms with E-state index in [4.69, 9.17) is 9.47 Å². The van der Waals surface area contributed by atoms with Crippen LogP contribution in [0.1, 0.15) is 18.1 Å². The van der Waals surface area contributed by atoms with E-state index in [2.05, 4.69) is 4.98 Å². The molecule has 1 aromatic heterocycles. The maximum absolute atomic E-state index is 10.1. The minimum atomic E-state index is -0.523. The van der Waals surface area contributed by atoms with Crippen molar-refractivity contribution in [3.63, 3.8) is 0 Å². The first-order valence-electron chi connectivity index (χ1n) is 5.06. The Labute approximate surface area is 88.9 Å². The zero-order valence-corrected chi connectivity index (χ0v) is 8.72. The lowest BCUT2D eigenvalue weighted by atomic mass is 9.95. The Balaban J connectivity index is 2.19. The molecule has 0 aliphatic carbocycles. The molecule has 2 heterocycles. The minimum Gasteiger partial charge on any atom is -0.495 e. The SMILES string of the molecule is COc1cnccc1C(O)C1CCOC1. The highest BCUT2D eigenvalue weighted by molar-refractivity contribution is 5.32. The van der Waals surface area contributed by atoms with E-state index in [1.807, 2.05) is 0 Å². The lowest BCUT2D eigenvalue weighted by molar-refractivity contribution is 0.0895. The number of aliphatic hydroxyl groups excluding tert-OH is 1. The molecule has 1 saturated heterocycles. The molecule has 4 heteroatoms. The molecular formula is C11H15NO3. The zero-order valence-electron chi connectivity index (χ0n) is 8.72. The average molecular weight is 209 g/mol. The molecule has 0 amide bonds. The van der Waals surface area contributed by atoms with Gasteiger partial charge in [-0.3, -0.25) is 4.98 Å². The Morgan fingerprint density at radius 1 is 1.67 bits per heavy atom.